The second-order valence-corrected chi connectivity index (χ2v) is 29.3. The van der Waals surface area contributed by atoms with E-state index in [0.717, 1.165) is 0 Å². The van der Waals surface area contributed by atoms with Crippen molar-refractivity contribution in [2.75, 3.05) is 39.3 Å². The number of benzene rings is 3. The van der Waals surface area contributed by atoms with E-state index >= 15 is 0 Å². The predicted octanol–water partition coefficient (Wildman–Crippen LogP) is -6.26. The standard InChI is InChI=1S/C78H123N25O16/c1-6-45(4)64(76(119)98-54(31-21-35-90-78(87)88)70(113)101-56(67(110)91-42-62(84)106)38-48-24-12-8-13-25-48)103-71(114)52(29-17-19-33-80)96-74(117)58(40-60(82)104)94-63(107)43-92-65(108)46(5)93-68(111)51(28-16-18-32-79)95-72(115)55(36-44(2)3)100-69(112)53(30-20-34-89-77(85)86)97-73(116)57(39-49-26-14-9-15-27-49)102-75(118)59(41-61(83)105)99-66(109)50(81)37-47-22-10-7-11-23-47/h7-15,22-27,44-46,50-59,64H,6,16-21,28-43,79-81H2,1-5H3,(H2,82,104)(H2,83,105)(H2,84,106)(H,91,110)(H,92,108)(H,93,111)(H,94,107)(H,95,115)(H,96,117)(H,97,116)(H,98,119)(H,99,109)(H,100,112)(H,101,113)(H,102,118)(H,103,114)(H4,85,86,89)(H4,87,88,90)/t45-,46-,50-,51-,52-,53-,54-,55-,56-,57-,58-,59-,64-/m0/s1. The maximum atomic E-state index is 14.6. The normalized spacial score (nSPS) is 14.2. The quantitative estimate of drug-likeness (QED) is 0.0142. The third-order valence-electron chi connectivity index (χ3n) is 18.7. The van der Waals surface area contributed by atoms with Crippen LogP contribution in [0.5, 0.6) is 0 Å². The van der Waals surface area contributed by atoms with Crippen molar-refractivity contribution >= 4 is 106 Å². The van der Waals surface area contributed by atoms with Gasteiger partial charge in [-0.25, -0.2) is 0 Å². The maximum absolute atomic E-state index is 14.6. The summed E-state index contributed by atoms with van der Waals surface area (Å²) in [5.74, 6) is -16.5. The Morgan fingerprint density at radius 2 is 0.689 bits per heavy atom. The molecule has 41 heteroatoms. The van der Waals surface area contributed by atoms with Gasteiger partial charge in [-0.3, -0.25) is 87.5 Å². The Labute approximate surface area is 691 Å². The fourth-order valence-electron chi connectivity index (χ4n) is 12.1. The van der Waals surface area contributed by atoms with Crippen LogP contribution in [0.4, 0.5) is 0 Å². The van der Waals surface area contributed by atoms with E-state index in [1.807, 2.05) is 0 Å². The zero-order chi connectivity index (χ0) is 88.7. The van der Waals surface area contributed by atoms with E-state index in [2.05, 4.69) is 79.8 Å². The first-order valence-electron chi connectivity index (χ1n) is 39.6. The Morgan fingerprint density at radius 3 is 1.10 bits per heavy atom. The summed E-state index contributed by atoms with van der Waals surface area (Å²) in [5.41, 5.74) is 47.1. The minimum absolute atomic E-state index is 0.0366. The van der Waals surface area contributed by atoms with Crippen LogP contribution in [0.1, 0.15) is 141 Å². The number of hydrogen-bond donors (Lipinski definition) is 25. The highest BCUT2D eigenvalue weighted by molar-refractivity contribution is 6.01. The lowest BCUT2D eigenvalue weighted by Gasteiger charge is -2.29. The van der Waals surface area contributed by atoms with E-state index in [-0.39, 0.29) is 122 Å². The van der Waals surface area contributed by atoms with Crippen molar-refractivity contribution < 1.29 is 76.7 Å². The van der Waals surface area contributed by atoms with Crippen molar-refractivity contribution in [2.45, 2.75) is 216 Å². The molecule has 0 bridgehead atoms. The fourth-order valence-corrected chi connectivity index (χ4v) is 12.1. The van der Waals surface area contributed by atoms with Crippen molar-refractivity contribution in [2.24, 2.45) is 57.7 Å². The van der Waals surface area contributed by atoms with Crippen molar-refractivity contribution in [1.29, 1.82) is 10.8 Å². The summed E-state index contributed by atoms with van der Waals surface area (Å²) >= 11 is 0. The topological polar surface area (TPSA) is 709 Å². The van der Waals surface area contributed by atoms with Crippen LogP contribution < -0.4 is 126 Å². The third kappa shape index (κ3) is 40.3. The third-order valence-corrected chi connectivity index (χ3v) is 18.7. The number of carbonyl (C=O) groups excluding carboxylic acids is 16. The Hall–Kier alpha value is -12.4. The zero-order valence-corrected chi connectivity index (χ0v) is 68.2. The van der Waals surface area contributed by atoms with Gasteiger partial charge in [-0.1, -0.05) is 125 Å². The van der Waals surface area contributed by atoms with Crippen LogP contribution in [0.15, 0.2) is 91.0 Å². The number of rotatable bonds is 57. The molecule has 119 heavy (non-hydrogen) atoms. The Kier molecular flexibility index (Phi) is 46.2. The molecule has 16 amide bonds. The predicted molar refractivity (Wildman–Crippen MR) is 441 cm³/mol. The van der Waals surface area contributed by atoms with Gasteiger partial charge < -0.3 is 126 Å². The van der Waals surface area contributed by atoms with Gasteiger partial charge in [-0.05, 0) is 126 Å². The smallest absolute Gasteiger partial charge is 0.243 e. The molecule has 0 aliphatic carbocycles. The molecule has 0 fully saturated rings. The maximum Gasteiger partial charge on any atom is 0.243 e. The van der Waals surface area contributed by atoms with Gasteiger partial charge in [0.25, 0.3) is 0 Å². The Bertz CT molecular complexity index is 3870. The number of amides is 16. The Balaban J connectivity index is 1.85. The first-order chi connectivity index (χ1) is 56.4. The van der Waals surface area contributed by atoms with Crippen molar-refractivity contribution in [1.82, 2.24) is 79.8 Å². The van der Waals surface area contributed by atoms with E-state index in [0.29, 0.717) is 29.5 Å². The molecule has 3 rings (SSSR count). The molecule has 0 aliphatic heterocycles. The number of primary amides is 3. The summed E-state index contributed by atoms with van der Waals surface area (Å²) in [6.45, 7) is 7.16. The van der Waals surface area contributed by atoms with E-state index in [4.69, 9.17) is 56.7 Å². The van der Waals surface area contributed by atoms with Crippen LogP contribution in [0, 0.1) is 22.7 Å². The van der Waals surface area contributed by atoms with Crippen LogP contribution in [0.25, 0.3) is 0 Å². The molecule has 656 valence electrons. The molecular formula is C78H123N25O16. The van der Waals surface area contributed by atoms with E-state index in [1.165, 1.54) is 6.92 Å². The first-order valence-corrected chi connectivity index (χ1v) is 39.6. The molecule has 33 N–H and O–H groups in total. The average Bonchev–Trinajstić information content (AvgIpc) is 0.851. The molecule has 41 nitrogen and oxygen atoms in total. The number of carbonyl (C=O) groups is 16. The van der Waals surface area contributed by atoms with Gasteiger partial charge in [0.05, 0.1) is 32.0 Å². The summed E-state index contributed by atoms with van der Waals surface area (Å²) in [6.07, 6.45) is -0.377. The number of hydrogen-bond acceptors (Lipinski definition) is 21. The summed E-state index contributed by atoms with van der Waals surface area (Å²) < 4.78 is 0. The molecule has 0 aliphatic rings. The largest absolute Gasteiger partial charge is 0.370 e. The average molecular weight is 1670 g/mol. The second kappa shape index (κ2) is 54.5. The number of nitrogens with one attached hydrogen (secondary N) is 17. The number of nitrogens with two attached hydrogens (primary N) is 8. The van der Waals surface area contributed by atoms with Gasteiger partial charge in [-0.2, -0.15) is 0 Å². The van der Waals surface area contributed by atoms with Gasteiger partial charge in [0, 0.05) is 25.9 Å². The molecule has 0 unspecified atom stereocenters. The van der Waals surface area contributed by atoms with E-state index < -0.39 is 205 Å². The van der Waals surface area contributed by atoms with Crippen LogP contribution in [0.3, 0.4) is 0 Å². The number of unbranched alkanes of at least 4 members (excludes halogenated alkanes) is 2. The van der Waals surface area contributed by atoms with Gasteiger partial charge in [0.15, 0.2) is 11.9 Å². The fraction of sp³-hybridized carbons (Fsp3) is 0.538. The van der Waals surface area contributed by atoms with E-state index in [1.54, 1.807) is 119 Å². The molecule has 0 spiro atoms. The second-order valence-electron chi connectivity index (χ2n) is 29.3. The van der Waals surface area contributed by atoms with Crippen molar-refractivity contribution in [3.8, 4) is 0 Å². The lowest BCUT2D eigenvalue weighted by molar-refractivity contribution is -0.136. The minimum Gasteiger partial charge on any atom is -0.370 e. The minimum atomic E-state index is -1.78. The van der Waals surface area contributed by atoms with Gasteiger partial charge in [0.2, 0.25) is 94.5 Å². The summed E-state index contributed by atoms with van der Waals surface area (Å²) in [7, 11) is 0. The van der Waals surface area contributed by atoms with Crippen LogP contribution in [-0.4, -0.2) is 218 Å². The summed E-state index contributed by atoms with van der Waals surface area (Å²) in [5, 5.41) is 53.7. The molecule has 0 aromatic heterocycles. The molecule has 3 aromatic carbocycles. The summed E-state index contributed by atoms with van der Waals surface area (Å²) in [4.78, 5) is 220. The van der Waals surface area contributed by atoms with Crippen molar-refractivity contribution in [3.63, 3.8) is 0 Å². The molecule has 0 saturated carbocycles. The van der Waals surface area contributed by atoms with E-state index in [9.17, 15) is 76.7 Å². The first kappa shape index (κ1) is 101. The highest BCUT2D eigenvalue weighted by Gasteiger charge is 2.38. The summed E-state index contributed by atoms with van der Waals surface area (Å²) in [6, 6.07) is 8.46. The molecule has 13 atom stereocenters. The number of guanidine groups is 2. The monoisotopic (exact) mass is 1670 g/mol. The molecule has 0 radical (unpaired) electrons. The highest BCUT2D eigenvalue weighted by atomic mass is 16.2. The highest BCUT2D eigenvalue weighted by Crippen LogP contribution is 2.16. The molecular weight excluding hydrogens is 1540 g/mol. The van der Waals surface area contributed by atoms with Gasteiger partial charge in [0.1, 0.15) is 66.5 Å². The van der Waals surface area contributed by atoms with Crippen molar-refractivity contribution in [3.05, 3.63) is 108 Å². The molecule has 0 saturated heterocycles. The van der Waals surface area contributed by atoms with Crippen LogP contribution >= 0.6 is 0 Å². The SMILES string of the molecule is CC[C@H](C)[C@H](NC(=O)[C@H](CCCCN)NC(=O)[C@H](CC(N)=O)NC(=O)CNC(=O)[C@H](C)NC(=O)[C@H](CCCCN)NC(=O)[C@H](CC(C)C)NC(=O)[C@H](CCCNC(=N)N)NC(=O)[C@H](Cc1ccccc1)NC(=O)[C@H](CC(N)=O)NC(=O)[C@@H](N)Cc1ccccc1)C(=O)N[C@@H](CCCNC(=N)N)C(=O)N[C@@H](Cc1ccccc1)C(=O)NCC(N)=O. The molecule has 0 heterocycles. The van der Waals surface area contributed by atoms with Gasteiger partial charge >= 0.3 is 0 Å². The zero-order valence-electron chi connectivity index (χ0n) is 68.2. The molecule has 3 aromatic rings. The van der Waals surface area contributed by atoms with Crippen LogP contribution in [0.2, 0.25) is 0 Å². The van der Waals surface area contributed by atoms with Gasteiger partial charge in [-0.15, -0.1) is 0 Å². The Morgan fingerprint density at radius 1 is 0.345 bits per heavy atom. The lowest BCUT2D eigenvalue weighted by atomic mass is 9.96. The lowest BCUT2D eigenvalue weighted by Crippen LogP contribution is -2.61. The van der Waals surface area contributed by atoms with Crippen LogP contribution in [-0.2, 0) is 96.0 Å².